The highest BCUT2D eigenvalue weighted by atomic mass is 32.2. The van der Waals surface area contributed by atoms with Crippen LogP contribution in [-0.4, -0.2) is 78.1 Å². The van der Waals surface area contributed by atoms with Gasteiger partial charge in [0.25, 0.3) is 0 Å². The zero-order valence-electron chi connectivity index (χ0n) is 31.6. The number of sulfonamides is 1. The molecule has 55 heavy (non-hydrogen) atoms. The van der Waals surface area contributed by atoms with Crippen LogP contribution in [0.5, 0.6) is 0 Å². The van der Waals surface area contributed by atoms with Gasteiger partial charge in [-0.15, -0.1) is 0 Å². The van der Waals surface area contributed by atoms with Crippen molar-refractivity contribution in [1.82, 2.24) is 24.8 Å². The van der Waals surface area contributed by atoms with E-state index in [1.807, 2.05) is 74.5 Å². The molecule has 2 aliphatic rings. The van der Waals surface area contributed by atoms with E-state index in [0.29, 0.717) is 49.5 Å². The molecule has 0 radical (unpaired) electrons. The highest BCUT2D eigenvalue weighted by Crippen LogP contribution is 2.31. The molecular weight excluding hydrogens is 717 g/mol. The third-order valence-corrected chi connectivity index (χ3v) is 12.7. The third-order valence-electron chi connectivity index (χ3n) is 11.2. The molecule has 1 aromatic heterocycles. The van der Waals surface area contributed by atoms with Crippen LogP contribution in [0.15, 0.2) is 95.1 Å². The molecule has 0 spiro atoms. The van der Waals surface area contributed by atoms with E-state index < -0.39 is 34.1 Å². The van der Waals surface area contributed by atoms with Gasteiger partial charge in [-0.05, 0) is 71.2 Å². The van der Waals surface area contributed by atoms with Crippen LogP contribution in [0.4, 0.5) is 4.79 Å². The number of rotatable bonds is 18. The Balaban J connectivity index is 1.18. The molecule has 6 rings (SSSR count). The van der Waals surface area contributed by atoms with Crippen LogP contribution in [0.1, 0.15) is 68.2 Å². The van der Waals surface area contributed by atoms with Crippen molar-refractivity contribution in [1.29, 1.82) is 0 Å². The van der Waals surface area contributed by atoms with E-state index in [4.69, 9.17) is 0 Å². The van der Waals surface area contributed by atoms with E-state index in [2.05, 4.69) is 20.2 Å². The molecule has 0 bridgehead atoms. The lowest BCUT2D eigenvalue weighted by Crippen LogP contribution is -2.57. The number of urea groups is 1. The van der Waals surface area contributed by atoms with Gasteiger partial charge in [-0.1, -0.05) is 106 Å². The minimum absolute atomic E-state index is 0.0495. The SMILES string of the molecule is CC[C@H](C)[C@@H](C(=O)N[C@@H](Cc1ccccc1)[C@H](O)CNS(=O)(=O)c1ccc(CN=O)cc1CC1CCCC1)N1CCN(Cc2ccc3ncccc3c2)C1=O. The normalized spacial score (nSPS) is 17.3. The summed E-state index contributed by atoms with van der Waals surface area (Å²) in [6, 6.07) is 22.1. The number of aliphatic hydroxyl groups excluding tert-OH is 1. The molecule has 3 N–H and O–H groups in total. The summed E-state index contributed by atoms with van der Waals surface area (Å²) < 4.78 is 30.3. The van der Waals surface area contributed by atoms with Gasteiger partial charge in [-0.2, -0.15) is 4.91 Å². The average molecular weight is 769 g/mol. The number of fused-ring (bicyclic) bond motifs is 1. The van der Waals surface area contributed by atoms with Gasteiger partial charge in [0.05, 0.1) is 22.6 Å². The van der Waals surface area contributed by atoms with E-state index in [1.165, 1.54) is 6.07 Å². The Morgan fingerprint density at radius 2 is 1.75 bits per heavy atom. The smallest absolute Gasteiger partial charge is 0.321 e. The van der Waals surface area contributed by atoms with Crippen LogP contribution in [0.25, 0.3) is 10.9 Å². The Hall–Kier alpha value is -4.72. The van der Waals surface area contributed by atoms with Crippen molar-refractivity contribution in [2.75, 3.05) is 19.6 Å². The second-order valence-corrected chi connectivity index (χ2v) is 16.8. The summed E-state index contributed by atoms with van der Waals surface area (Å²) in [5.41, 5.74) is 3.97. The van der Waals surface area contributed by atoms with Crippen molar-refractivity contribution in [3.05, 3.63) is 112 Å². The maximum Gasteiger partial charge on any atom is 0.321 e. The number of pyridine rings is 1. The molecule has 2 fully saturated rings. The van der Waals surface area contributed by atoms with Gasteiger partial charge in [-0.25, -0.2) is 17.9 Å². The monoisotopic (exact) mass is 768 g/mol. The Morgan fingerprint density at radius 3 is 2.49 bits per heavy atom. The number of carbonyl (C=O) groups excluding carboxylic acids is 2. The quantitative estimate of drug-likeness (QED) is 0.105. The predicted octanol–water partition coefficient (Wildman–Crippen LogP) is 5.95. The minimum atomic E-state index is -4.09. The van der Waals surface area contributed by atoms with Crippen LogP contribution < -0.4 is 10.0 Å². The molecule has 3 aromatic carbocycles. The van der Waals surface area contributed by atoms with Crippen LogP contribution in [0.2, 0.25) is 0 Å². The summed E-state index contributed by atoms with van der Waals surface area (Å²) in [7, 11) is -4.09. The Labute approximate surface area is 323 Å². The molecule has 1 aliphatic heterocycles. The number of hydrogen-bond acceptors (Lipinski definition) is 8. The first-order chi connectivity index (χ1) is 26.6. The van der Waals surface area contributed by atoms with Crippen LogP contribution >= 0.6 is 0 Å². The number of benzene rings is 3. The zero-order chi connectivity index (χ0) is 39.0. The van der Waals surface area contributed by atoms with E-state index >= 15 is 0 Å². The number of aliphatic hydroxyl groups is 1. The lowest BCUT2D eigenvalue weighted by molar-refractivity contribution is -0.128. The molecule has 1 saturated heterocycles. The molecule has 1 aliphatic carbocycles. The largest absolute Gasteiger partial charge is 0.390 e. The molecule has 1 saturated carbocycles. The summed E-state index contributed by atoms with van der Waals surface area (Å²) in [6.45, 7) is 4.72. The highest BCUT2D eigenvalue weighted by molar-refractivity contribution is 7.89. The summed E-state index contributed by atoms with van der Waals surface area (Å²) in [6.07, 6.45) is 6.13. The van der Waals surface area contributed by atoms with Gasteiger partial charge in [-0.3, -0.25) is 9.78 Å². The topological polar surface area (TPSA) is 161 Å². The molecule has 0 unspecified atom stereocenters. The third kappa shape index (κ3) is 9.94. The number of nitroso groups, excluding NO2 is 1. The van der Waals surface area contributed by atoms with Gasteiger partial charge in [0.15, 0.2) is 0 Å². The van der Waals surface area contributed by atoms with E-state index in [0.717, 1.165) is 47.7 Å². The van der Waals surface area contributed by atoms with Crippen molar-refractivity contribution >= 4 is 32.9 Å². The second-order valence-electron chi connectivity index (χ2n) is 15.1. The molecule has 292 valence electrons. The van der Waals surface area contributed by atoms with Gasteiger partial charge in [0.2, 0.25) is 15.9 Å². The van der Waals surface area contributed by atoms with Crippen molar-refractivity contribution in [2.45, 2.75) is 95.0 Å². The highest BCUT2D eigenvalue weighted by Gasteiger charge is 2.41. The van der Waals surface area contributed by atoms with Crippen molar-refractivity contribution in [3.63, 3.8) is 0 Å². The Kier molecular flexibility index (Phi) is 13.3. The molecule has 4 aromatic rings. The number of hydrogen-bond donors (Lipinski definition) is 3. The van der Waals surface area contributed by atoms with Gasteiger partial charge in [0.1, 0.15) is 12.6 Å². The van der Waals surface area contributed by atoms with Crippen LogP contribution in [0, 0.1) is 16.7 Å². The van der Waals surface area contributed by atoms with E-state index in [9.17, 15) is 28.0 Å². The molecule has 12 nitrogen and oxygen atoms in total. The number of carbonyl (C=O) groups is 2. The summed E-state index contributed by atoms with van der Waals surface area (Å²) >= 11 is 0. The van der Waals surface area contributed by atoms with Crippen molar-refractivity contribution in [2.24, 2.45) is 17.0 Å². The van der Waals surface area contributed by atoms with E-state index in [-0.39, 0.29) is 36.4 Å². The van der Waals surface area contributed by atoms with Gasteiger partial charge < -0.3 is 20.2 Å². The van der Waals surface area contributed by atoms with Crippen LogP contribution in [-0.2, 0) is 40.7 Å². The summed E-state index contributed by atoms with van der Waals surface area (Å²) in [5.74, 6) is -0.240. The number of amides is 3. The fourth-order valence-electron chi connectivity index (χ4n) is 7.97. The zero-order valence-corrected chi connectivity index (χ0v) is 32.5. The number of nitrogens with zero attached hydrogens (tertiary/aromatic N) is 4. The lowest BCUT2D eigenvalue weighted by atomic mass is 9.95. The fourth-order valence-corrected chi connectivity index (χ4v) is 9.25. The van der Waals surface area contributed by atoms with E-state index in [1.54, 1.807) is 28.1 Å². The standard InChI is InChI=1S/C42H52N6O6S/c1-3-29(2)40(48-21-20-47(42(48)51)28-33-15-17-36-34(24-33)14-9-19-43-36)41(50)46-37(25-31-10-5-4-6-11-31)38(49)27-45-55(53,54)39-18-16-32(26-44-52)23-35(39)22-30-12-7-8-13-30/h4-6,9-11,14-19,23-24,29-30,37-38,40,45,49H,3,7-8,12-13,20-22,25-28H2,1-2H3,(H,46,50)/t29-,37-,38+,40-/m0/s1. The average Bonchev–Trinajstić information content (AvgIpc) is 3.83. The first-order valence-corrected chi connectivity index (χ1v) is 20.9. The number of nitrogens with one attached hydrogen (secondary N) is 2. The van der Waals surface area contributed by atoms with Crippen LogP contribution in [0.3, 0.4) is 0 Å². The first-order valence-electron chi connectivity index (χ1n) is 19.4. The molecule has 4 atom stereocenters. The summed E-state index contributed by atoms with van der Waals surface area (Å²) in [4.78, 5) is 47.1. The minimum Gasteiger partial charge on any atom is -0.390 e. The second kappa shape index (κ2) is 18.3. The number of aromatic nitrogens is 1. The molecule has 13 heteroatoms. The molecule has 2 heterocycles. The maximum atomic E-state index is 14.3. The van der Waals surface area contributed by atoms with Crippen molar-refractivity contribution < 1.29 is 23.1 Å². The fraction of sp³-hybridized carbons (Fsp3) is 0.452. The lowest BCUT2D eigenvalue weighted by Gasteiger charge is -2.34. The predicted molar refractivity (Wildman–Crippen MR) is 212 cm³/mol. The Morgan fingerprint density at radius 1 is 0.982 bits per heavy atom. The maximum absolute atomic E-state index is 14.3. The van der Waals surface area contributed by atoms with Gasteiger partial charge in [0, 0.05) is 37.8 Å². The first kappa shape index (κ1) is 40.0. The van der Waals surface area contributed by atoms with Crippen molar-refractivity contribution in [3.8, 4) is 0 Å². The molecular formula is C42H52N6O6S. The van der Waals surface area contributed by atoms with Gasteiger partial charge >= 0.3 is 6.03 Å². The Bertz CT molecular complexity index is 2060. The summed E-state index contributed by atoms with van der Waals surface area (Å²) in [5, 5.41) is 18.6. The molecule has 3 amide bonds.